The molecule has 0 unspecified atom stereocenters. The minimum absolute atomic E-state index is 0.119. The van der Waals surface area contributed by atoms with E-state index in [1.165, 1.54) is 13.0 Å². The SMILES string of the molecule is C=C[C@@]1(C)CC(=O)[C@]2(O)[C@@]3(C)[C@@H](O)CCC(C)(C)[C@@H]3[C@H](OC(=O)CCN(C)C)[C@H](O)[C@@]2(C)O1. The zero-order valence-electron chi connectivity index (χ0n) is 21.1. The highest BCUT2D eigenvalue weighted by molar-refractivity contribution is 5.92. The maximum absolute atomic E-state index is 13.7. The number of aliphatic hydroxyl groups excluding tert-OH is 2. The van der Waals surface area contributed by atoms with Gasteiger partial charge in [0.2, 0.25) is 0 Å². The molecule has 8 nitrogen and oxygen atoms in total. The van der Waals surface area contributed by atoms with E-state index in [4.69, 9.17) is 9.47 Å². The van der Waals surface area contributed by atoms with Crippen LogP contribution in [0.3, 0.4) is 0 Å². The molecule has 8 heteroatoms. The van der Waals surface area contributed by atoms with Crippen LogP contribution in [0.4, 0.5) is 0 Å². The largest absolute Gasteiger partial charge is 0.459 e. The normalized spacial score (nSPS) is 46.9. The van der Waals surface area contributed by atoms with Crippen LogP contribution in [0.2, 0.25) is 0 Å². The third-order valence-corrected chi connectivity index (χ3v) is 8.77. The van der Waals surface area contributed by atoms with Crippen molar-refractivity contribution in [3.05, 3.63) is 12.7 Å². The van der Waals surface area contributed by atoms with E-state index in [1.807, 2.05) is 32.8 Å². The van der Waals surface area contributed by atoms with Gasteiger partial charge < -0.3 is 29.7 Å². The minimum Gasteiger partial charge on any atom is -0.459 e. The van der Waals surface area contributed by atoms with Crippen molar-refractivity contribution >= 4 is 11.8 Å². The molecule has 0 aromatic carbocycles. The van der Waals surface area contributed by atoms with Gasteiger partial charge in [-0.15, -0.1) is 6.58 Å². The van der Waals surface area contributed by atoms with Gasteiger partial charge in [-0.25, -0.2) is 0 Å². The molecule has 0 spiro atoms. The fourth-order valence-corrected chi connectivity index (χ4v) is 6.93. The monoisotopic (exact) mass is 467 g/mol. The summed E-state index contributed by atoms with van der Waals surface area (Å²) < 4.78 is 12.2. The van der Waals surface area contributed by atoms with Crippen molar-refractivity contribution in [2.24, 2.45) is 16.7 Å². The number of nitrogens with zero attached hydrogens (tertiary/aromatic N) is 1. The van der Waals surface area contributed by atoms with E-state index in [2.05, 4.69) is 6.58 Å². The van der Waals surface area contributed by atoms with Crippen LogP contribution in [0.15, 0.2) is 12.7 Å². The number of esters is 1. The molecule has 3 rings (SSSR count). The highest BCUT2D eigenvalue weighted by Gasteiger charge is 2.81. The highest BCUT2D eigenvalue weighted by Crippen LogP contribution is 2.67. The van der Waals surface area contributed by atoms with E-state index >= 15 is 0 Å². The van der Waals surface area contributed by atoms with Gasteiger partial charge in [0.05, 0.1) is 18.1 Å². The first-order valence-corrected chi connectivity index (χ1v) is 11.8. The molecular formula is C25H41NO7. The lowest BCUT2D eigenvalue weighted by Gasteiger charge is -2.71. The molecule has 8 atom stereocenters. The quantitative estimate of drug-likeness (QED) is 0.411. The standard InChI is InChI=1S/C25H41NO7/c1-9-22(4)14-16(28)25(31)23(5)15(27)10-12-21(2,3)19(23)18(20(30)24(25,6)33-22)32-17(29)11-13-26(7)8/h9,15,18-20,27,30-31H,1,10-14H2,2-8H3/t15-,18-,19-,20-,22-,23-,24+,25-/m0/s1. The first kappa shape index (κ1) is 26.3. The number of ketones is 1. The molecule has 1 saturated heterocycles. The number of fused-ring (bicyclic) bond motifs is 3. The summed E-state index contributed by atoms with van der Waals surface area (Å²) in [6.07, 6.45) is -1.24. The van der Waals surface area contributed by atoms with Gasteiger partial charge in [0.25, 0.3) is 0 Å². The molecule has 2 aliphatic carbocycles. The maximum atomic E-state index is 13.7. The number of aliphatic hydroxyl groups is 3. The molecule has 3 fully saturated rings. The number of rotatable bonds is 5. The van der Waals surface area contributed by atoms with E-state index in [0.29, 0.717) is 19.4 Å². The van der Waals surface area contributed by atoms with E-state index in [-0.39, 0.29) is 12.8 Å². The summed E-state index contributed by atoms with van der Waals surface area (Å²) in [5.74, 6) is -1.70. The van der Waals surface area contributed by atoms with Gasteiger partial charge in [-0.3, -0.25) is 9.59 Å². The predicted molar refractivity (Wildman–Crippen MR) is 122 cm³/mol. The number of carbonyl (C=O) groups is 2. The summed E-state index contributed by atoms with van der Waals surface area (Å²) in [4.78, 5) is 28.4. The van der Waals surface area contributed by atoms with E-state index in [0.717, 1.165) is 0 Å². The Balaban J connectivity index is 2.19. The lowest BCUT2D eigenvalue weighted by Crippen LogP contribution is -2.86. The topological polar surface area (TPSA) is 117 Å². The van der Waals surface area contributed by atoms with Crippen LogP contribution in [0.1, 0.15) is 60.3 Å². The lowest BCUT2D eigenvalue weighted by atomic mass is 9.40. The van der Waals surface area contributed by atoms with E-state index < -0.39 is 63.6 Å². The van der Waals surface area contributed by atoms with Gasteiger partial charge in [-0.2, -0.15) is 0 Å². The Labute approximate surface area is 196 Å². The van der Waals surface area contributed by atoms with Crippen LogP contribution < -0.4 is 0 Å². The van der Waals surface area contributed by atoms with Crippen molar-refractivity contribution in [1.82, 2.24) is 4.90 Å². The van der Waals surface area contributed by atoms with Gasteiger partial charge in [-0.05, 0) is 46.2 Å². The van der Waals surface area contributed by atoms with Crippen LogP contribution in [0.25, 0.3) is 0 Å². The molecule has 33 heavy (non-hydrogen) atoms. The average molecular weight is 468 g/mol. The van der Waals surface area contributed by atoms with Gasteiger partial charge in [0.15, 0.2) is 11.4 Å². The second-order valence-corrected chi connectivity index (χ2v) is 11.8. The summed E-state index contributed by atoms with van der Waals surface area (Å²) in [7, 11) is 3.69. The molecule has 188 valence electrons. The number of ether oxygens (including phenoxy) is 2. The fourth-order valence-electron chi connectivity index (χ4n) is 6.93. The van der Waals surface area contributed by atoms with Crippen LogP contribution >= 0.6 is 0 Å². The Kier molecular flexibility index (Phi) is 6.47. The third kappa shape index (κ3) is 3.60. The van der Waals surface area contributed by atoms with Gasteiger partial charge in [-0.1, -0.05) is 26.8 Å². The first-order valence-electron chi connectivity index (χ1n) is 11.8. The zero-order valence-corrected chi connectivity index (χ0v) is 21.1. The lowest BCUT2D eigenvalue weighted by molar-refractivity contribution is -0.370. The van der Waals surface area contributed by atoms with Crippen LogP contribution in [0.5, 0.6) is 0 Å². The zero-order chi connectivity index (χ0) is 25.2. The van der Waals surface area contributed by atoms with Gasteiger partial charge in [0, 0.05) is 24.3 Å². The summed E-state index contributed by atoms with van der Waals surface area (Å²) in [6, 6.07) is 0. The van der Waals surface area contributed by atoms with Crippen molar-refractivity contribution < 1.29 is 34.4 Å². The van der Waals surface area contributed by atoms with Crippen molar-refractivity contribution in [3.63, 3.8) is 0 Å². The number of hydrogen-bond acceptors (Lipinski definition) is 8. The molecule has 1 heterocycles. The molecule has 0 aromatic rings. The van der Waals surface area contributed by atoms with Crippen molar-refractivity contribution in [3.8, 4) is 0 Å². The predicted octanol–water partition coefficient (Wildman–Crippen LogP) is 1.45. The molecule has 3 aliphatic rings. The van der Waals surface area contributed by atoms with E-state index in [9.17, 15) is 24.9 Å². The molecule has 0 aromatic heterocycles. The van der Waals surface area contributed by atoms with Crippen molar-refractivity contribution in [2.45, 2.75) is 95.4 Å². The second-order valence-electron chi connectivity index (χ2n) is 11.8. The second kappa shape index (κ2) is 8.12. The van der Waals surface area contributed by atoms with Crippen molar-refractivity contribution in [2.75, 3.05) is 20.6 Å². The van der Waals surface area contributed by atoms with Crippen molar-refractivity contribution in [1.29, 1.82) is 0 Å². The number of hydrogen-bond donors (Lipinski definition) is 3. The number of carbonyl (C=O) groups excluding carboxylic acids is 2. The van der Waals surface area contributed by atoms with Crippen LogP contribution in [-0.4, -0.2) is 87.7 Å². The fraction of sp³-hybridized carbons (Fsp3) is 0.840. The molecule has 0 radical (unpaired) electrons. The third-order valence-electron chi connectivity index (χ3n) is 8.77. The van der Waals surface area contributed by atoms with Crippen LogP contribution in [0, 0.1) is 16.7 Å². The summed E-state index contributed by atoms with van der Waals surface area (Å²) >= 11 is 0. The number of Topliss-reactive ketones (excluding diaryl/α,β-unsaturated/α-hetero) is 1. The molecular weight excluding hydrogens is 426 g/mol. The van der Waals surface area contributed by atoms with Crippen LogP contribution in [-0.2, 0) is 19.1 Å². The smallest absolute Gasteiger partial charge is 0.307 e. The Morgan fingerprint density at radius 1 is 1.24 bits per heavy atom. The van der Waals surface area contributed by atoms with E-state index in [1.54, 1.807) is 13.8 Å². The Morgan fingerprint density at radius 3 is 2.39 bits per heavy atom. The Bertz CT molecular complexity index is 828. The minimum atomic E-state index is -2.20. The Hall–Kier alpha value is -1.32. The molecule has 3 N–H and O–H groups in total. The summed E-state index contributed by atoms with van der Waals surface area (Å²) in [5.41, 5.74) is -7.13. The summed E-state index contributed by atoms with van der Waals surface area (Å²) in [5, 5.41) is 35.2. The molecule has 0 bridgehead atoms. The maximum Gasteiger partial charge on any atom is 0.307 e. The van der Waals surface area contributed by atoms with Gasteiger partial charge in [0.1, 0.15) is 17.8 Å². The highest BCUT2D eigenvalue weighted by atomic mass is 16.6. The first-order chi connectivity index (χ1) is 15.0. The summed E-state index contributed by atoms with van der Waals surface area (Å²) in [6.45, 7) is 13.0. The Morgan fingerprint density at radius 2 is 1.85 bits per heavy atom. The molecule has 0 amide bonds. The average Bonchev–Trinajstić information content (AvgIpc) is 2.71. The van der Waals surface area contributed by atoms with Gasteiger partial charge >= 0.3 is 5.97 Å². The molecule has 1 aliphatic heterocycles. The molecule has 2 saturated carbocycles.